The number of nitrogens with zero attached hydrogens (tertiary/aromatic N) is 1. The summed E-state index contributed by atoms with van der Waals surface area (Å²) in [5.74, 6) is 0. The van der Waals surface area contributed by atoms with E-state index in [1.807, 2.05) is 13.8 Å². The molecule has 1 fully saturated rings. The minimum Gasteiger partial charge on any atom is -0.392 e. The third kappa shape index (κ3) is 3.08. The van der Waals surface area contributed by atoms with Crippen molar-refractivity contribution in [3.8, 4) is 0 Å². The van der Waals surface area contributed by atoms with Crippen molar-refractivity contribution in [3.05, 3.63) is 27.7 Å². The summed E-state index contributed by atoms with van der Waals surface area (Å²) in [4.78, 5) is 0.266. The maximum atomic E-state index is 12.9. The lowest BCUT2D eigenvalue weighted by Gasteiger charge is -2.22. The van der Waals surface area contributed by atoms with Gasteiger partial charge in [0.1, 0.15) is 0 Å². The number of aliphatic hydroxyl groups is 1. The molecule has 0 saturated heterocycles. The lowest BCUT2D eigenvalue weighted by molar-refractivity contribution is 0.281. The molecular weight excluding hydrogens is 342 g/mol. The second kappa shape index (κ2) is 6.13. The second-order valence-electron chi connectivity index (χ2n) is 5.23. The van der Waals surface area contributed by atoms with Gasteiger partial charge in [0, 0.05) is 17.1 Å². The average molecular weight is 362 g/mol. The molecule has 6 heteroatoms. The molecule has 0 bridgehead atoms. The fourth-order valence-electron chi connectivity index (χ4n) is 2.30. The Morgan fingerprint density at radius 1 is 1.40 bits per heavy atom. The first-order chi connectivity index (χ1) is 9.41. The molecule has 0 heterocycles. The molecule has 1 aromatic carbocycles. The number of hydrogen-bond donors (Lipinski definition) is 1. The van der Waals surface area contributed by atoms with Gasteiger partial charge >= 0.3 is 0 Å². The average Bonchev–Trinajstić information content (AvgIpc) is 3.22. The Kier molecular flexibility index (Phi) is 4.89. The number of rotatable bonds is 6. The van der Waals surface area contributed by atoms with Gasteiger partial charge in [-0.15, -0.1) is 0 Å². The van der Waals surface area contributed by atoms with E-state index >= 15 is 0 Å². The highest BCUT2D eigenvalue weighted by Gasteiger charge is 2.38. The van der Waals surface area contributed by atoms with E-state index in [0.717, 1.165) is 24.8 Å². The predicted molar refractivity (Wildman–Crippen MR) is 82.0 cm³/mol. The van der Waals surface area contributed by atoms with Crippen LogP contribution in [0.25, 0.3) is 0 Å². The molecule has 0 unspecified atom stereocenters. The summed E-state index contributed by atoms with van der Waals surface area (Å²) in [5.41, 5.74) is 1.44. The highest BCUT2D eigenvalue weighted by atomic mass is 79.9. The summed E-state index contributed by atoms with van der Waals surface area (Å²) in [5, 5.41) is 9.28. The summed E-state index contributed by atoms with van der Waals surface area (Å²) in [6, 6.07) is 3.51. The Morgan fingerprint density at radius 3 is 2.55 bits per heavy atom. The maximum absolute atomic E-state index is 12.9. The third-order valence-corrected chi connectivity index (χ3v) is 6.74. The minimum atomic E-state index is -3.51. The van der Waals surface area contributed by atoms with Gasteiger partial charge in [-0.2, -0.15) is 4.31 Å². The monoisotopic (exact) mass is 361 g/mol. The van der Waals surface area contributed by atoms with Crippen LogP contribution in [0.15, 0.2) is 21.5 Å². The van der Waals surface area contributed by atoms with E-state index in [-0.39, 0.29) is 17.5 Å². The predicted octanol–water partition coefficient (Wildman–Crippen LogP) is 2.81. The number of benzene rings is 1. The highest BCUT2D eigenvalue weighted by Crippen LogP contribution is 2.36. The summed E-state index contributed by atoms with van der Waals surface area (Å²) < 4.78 is 27.9. The lowest BCUT2D eigenvalue weighted by Crippen LogP contribution is -2.34. The Labute approximate surface area is 129 Å². The molecule has 0 amide bonds. The quantitative estimate of drug-likeness (QED) is 0.847. The number of aryl methyl sites for hydroxylation is 1. The number of sulfonamides is 1. The number of halogens is 1. The summed E-state index contributed by atoms with van der Waals surface area (Å²) in [6.07, 6.45) is 2.68. The summed E-state index contributed by atoms with van der Waals surface area (Å²) in [7, 11) is -3.51. The van der Waals surface area contributed by atoms with Gasteiger partial charge in [0.15, 0.2) is 0 Å². The van der Waals surface area contributed by atoms with Crippen LogP contribution >= 0.6 is 15.9 Å². The maximum Gasteiger partial charge on any atom is 0.244 e. The standard InChI is InChI=1S/C14H20BrNO3S/c1-3-6-16(12-4-5-12)20(18,19)13-8-11(9-17)7-10(2)14(13)15/h7-8,12,17H,3-6,9H2,1-2H3. The Balaban J connectivity index is 2.49. The molecular formula is C14H20BrNO3S. The van der Waals surface area contributed by atoms with Crippen molar-refractivity contribution < 1.29 is 13.5 Å². The van der Waals surface area contributed by atoms with Crippen LogP contribution in [0.3, 0.4) is 0 Å². The zero-order valence-electron chi connectivity index (χ0n) is 11.8. The normalized spacial score (nSPS) is 15.8. The highest BCUT2D eigenvalue weighted by molar-refractivity contribution is 9.10. The van der Waals surface area contributed by atoms with Crippen molar-refractivity contribution >= 4 is 26.0 Å². The van der Waals surface area contributed by atoms with Gasteiger partial charge in [-0.3, -0.25) is 0 Å². The van der Waals surface area contributed by atoms with Crippen molar-refractivity contribution in [1.82, 2.24) is 4.31 Å². The molecule has 0 aromatic heterocycles. The third-order valence-electron chi connectivity index (χ3n) is 3.45. The molecule has 4 nitrogen and oxygen atoms in total. The molecule has 0 radical (unpaired) electrons. The van der Waals surface area contributed by atoms with Gasteiger partial charge in [0.2, 0.25) is 10.0 Å². The van der Waals surface area contributed by atoms with E-state index < -0.39 is 10.0 Å². The Bertz CT molecular complexity index is 597. The van der Waals surface area contributed by atoms with Gasteiger partial charge in [0.05, 0.1) is 11.5 Å². The van der Waals surface area contributed by atoms with Crippen LogP contribution in [-0.2, 0) is 16.6 Å². The van der Waals surface area contributed by atoms with E-state index in [9.17, 15) is 13.5 Å². The SMILES string of the molecule is CCCN(C1CC1)S(=O)(=O)c1cc(CO)cc(C)c1Br. The van der Waals surface area contributed by atoms with Crippen LogP contribution in [0.4, 0.5) is 0 Å². The van der Waals surface area contributed by atoms with Crippen LogP contribution in [0.2, 0.25) is 0 Å². The van der Waals surface area contributed by atoms with Crippen molar-refractivity contribution in [1.29, 1.82) is 0 Å². The van der Waals surface area contributed by atoms with E-state index in [1.54, 1.807) is 16.4 Å². The van der Waals surface area contributed by atoms with Crippen LogP contribution in [0.1, 0.15) is 37.3 Å². The molecule has 0 atom stereocenters. The molecule has 2 rings (SSSR count). The largest absolute Gasteiger partial charge is 0.392 e. The van der Waals surface area contributed by atoms with Crippen LogP contribution in [-0.4, -0.2) is 30.4 Å². The van der Waals surface area contributed by atoms with Crippen molar-refractivity contribution in [3.63, 3.8) is 0 Å². The first kappa shape index (κ1) is 15.9. The van der Waals surface area contributed by atoms with E-state index in [1.165, 1.54) is 0 Å². The van der Waals surface area contributed by atoms with Crippen molar-refractivity contribution in [2.45, 2.75) is 50.7 Å². The Hall–Kier alpha value is -0.430. The zero-order chi connectivity index (χ0) is 14.9. The Morgan fingerprint density at radius 2 is 2.05 bits per heavy atom. The van der Waals surface area contributed by atoms with Crippen molar-refractivity contribution in [2.24, 2.45) is 0 Å². The van der Waals surface area contributed by atoms with Gasteiger partial charge in [-0.05, 0) is 59.3 Å². The minimum absolute atomic E-state index is 0.143. The molecule has 112 valence electrons. The van der Waals surface area contributed by atoms with Crippen LogP contribution in [0, 0.1) is 6.92 Å². The molecule has 1 N–H and O–H groups in total. The van der Waals surface area contributed by atoms with Gasteiger partial charge in [-0.25, -0.2) is 8.42 Å². The topological polar surface area (TPSA) is 57.6 Å². The molecule has 1 saturated carbocycles. The second-order valence-corrected chi connectivity index (χ2v) is 7.88. The van der Waals surface area contributed by atoms with Gasteiger partial charge in [0.25, 0.3) is 0 Å². The molecule has 0 spiro atoms. The lowest BCUT2D eigenvalue weighted by atomic mass is 10.1. The molecule has 1 aliphatic carbocycles. The molecule has 0 aliphatic heterocycles. The fourth-order valence-corrected chi connectivity index (χ4v) is 5.11. The van der Waals surface area contributed by atoms with Crippen LogP contribution < -0.4 is 0 Å². The fraction of sp³-hybridized carbons (Fsp3) is 0.571. The van der Waals surface area contributed by atoms with Gasteiger partial charge in [-0.1, -0.05) is 13.0 Å². The molecule has 1 aromatic rings. The summed E-state index contributed by atoms with van der Waals surface area (Å²) >= 11 is 3.38. The first-order valence-electron chi connectivity index (χ1n) is 6.83. The first-order valence-corrected chi connectivity index (χ1v) is 9.06. The summed E-state index contributed by atoms with van der Waals surface area (Å²) in [6.45, 7) is 4.20. The zero-order valence-corrected chi connectivity index (χ0v) is 14.2. The van der Waals surface area contributed by atoms with E-state index in [4.69, 9.17) is 0 Å². The van der Waals surface area contributed by atoms with Crippen LogP contribution in [0.5, 0.6) is 0 Å². The van der Waals surface area contributed by atoms with E-state index in [0.29, 0.717) is 16.6 Å². The molecule has 1 aliphatic rings. The molecule has 20 heavy (non-hydrogen) atoms. The number of hydrogen-bond acceptors (Lipinski definition) is 3. The number of aliphatic hydroxyl groups excluding tert-OH is 1. The van der Waals surface area contributed by atoms with Gasteiger partial charge < -0.3 is 5.11 Å². The smallest absolute Gasteiger partial charge is 0.244 e. The van der Waals surface area contributed by atoms with Crippen molar-refractivity contribution in [2.75, 3.05) is 6.54 Å². The van der Waals surface area contributed by atoms with E-state index in [2.05, 4.69) is 15.9 Å².